The van der Waals surface area contributed by atoms with Crippen molar-refractivity contribution in [2.24, 2.45) is 0 Å². The number of carbonyl (C=O) groups is 2. The van der Waals surface area contributed by atoms with Crippen LogP contribution in [0.5, 0.6) is 0 Å². The summed E-state index contributed by atoms with van der Waals surface area (Å²) in [7, 11) is 1.33. The SMILES string of the molecule is CCc1[nH]c(C(=O)Nc2nc3c(C)cccc3s2)c(C)c1C(=O)OC. The number of nitrogens with one attached hydrogen (secondary N) is 2. The molecule has 130 valence electrons. The van der Waals surface area contributed by atoms with E-state index >= 15 is 0 Å². The lowest BCUT2D eigenvalue weighted by Gasteiger charge is -2.02. The molecule has 0 bridgehead atoms. The number of para-hydroxylation sites is 1. The molecule has 2 heterocycles. The number of nitrogens with zero attached hydrogens (tertiary/aromatic N) is 1. The van der Waals surface area contributed by atoms with Gasteiger partial charge in [0.1, 0.15) is 5.69 Å². The fraction of sp³-hybridized carbons (Fsp3) is 0.278. The van der Waals surface area contributed by atoms with Crippen molar-refractivity contribution in [3.63, 3.8) is 0 Å². The van der Waals surface area contributed by atoms with Gasteiger partial charge in [0.2, 0.25) is 0 Å². The lowest BCUT2D eigenvalue weighted by atomic mass is 10.1. The summed E-state index contributed by atoms with van der Waals surface area (Å²) in [6.45, 7) is 5.63. The molecule has 0 radical (unpaired) electrons. The molecule has 1 amide bonds. The van der Waals surface area contributed by atoms with Crippen LogP contribution < -0.4 is 5.32 Å². The van der Waals surface area contributed by atoms with Crippen molar-refractivity contribution in [1.29, 1.82) is 0 Å². The topological polar surface area (TPSA) is 84.1 Å². The summed E-state index contributed by atoms with van der Waals surface area (Å²) in [5.74, 6) is -0.765. The van der Waals surface area contributed by atoms with Gasteiger partial charge in [-0.2, -0.15) is 0 Å². The Hall–Kier alpha value is -2.67. The number of methoxy groups -OCH3 is 1. The maximum atomic E-state index is 12.7. The van der Waals surface area contributed by atoms with E-state index in [0.29, 0.717) is 34.1 Å². The molecule has 0 aliphatic carbocycles. The predicted molar refractivity (Wildman–Crippen MR) is 98.6 cm³/mol. The quantitative estimate of drug-likeness (QED) is 0.695. The lowest BCUT2D eigenvalue weighted by Crippen LogP contribution is -2.14. The maximum Gasteiger partial charge on any atom is 0.339 e. The number of H-pyrrole nitrogens is 1. The molecule has 0 aliphatic rings. The van der Waals surface area contributed by atoms with E-state index in [2.05, 4.69) is 15.3 Å². The van der Waals surface area contributed by atoms with Gasteiger partial charge in [0.15, 0.2) is 5.13 Å². The zero-order chi connectivity index (χ0) is 18.1. The number of anilines is 1. The molecule has 6 nitrogen and oxygen atoms in total. The zero-order valence-corrected chi connectivity index (χ0v) is 15.3. The average molecular weight is 357 g/mol. The Morgan fingerprint density at radius 2 is 2.08 bits per heavy atom. The molecular weight excluding hydrogens is 338 g/mol. The molecule has 0 fully saturated rings. The first-order valence-electron chi connectivity index (χ1n) is 7.93. The first kappa shape index (κ1) is 17.2. The van der Waals surface area contributed by atoms with E-state index in [1.165, 1.54) is 18.4 Å². The molecule has 0 unspecified atom stereocenters. The van der Waals surface area contributed by atoms with Gasteiger partial charge < -0.3 is 9.72 Å². The summed E-state index contributed by atoms with van der Waals surface area (Å²) < 4.78 is 5.84. The number of aryl methyl sites for hydroxylation is 2. The van der Waals surface area contributed by atoms with Gasteiger partial charge in [0.25, 0.3) is 5.91 Å². The van der Waals surface area contributed by atoms with Crippen molar-refractivity contribution in [2.75, 3.05) is 12.4 Å². The van der Waals surface area contributed by atoms with Gasteiger partial charge in [-0.1, -0.05) is 30.4 Å². The third-order valence-electron chi connectivity index (χ3n) is 4.14. The Kier molecular flexibility index (Phi) is 4.59. The van der Waals surface area contributed by atoms with E-state index in [4.69, 9.17) is 4.74 Å². The Balaban J connectivity index is 1.94. The van der Waals surface area contributed by atoms with Crippen molar-refractivity contribution < 1.29 is 14.3 Å². The van der Waals surface area contributed by atoms with Crippen LogP contribution in [0.3, 0.4) is 0 Å². The van der Waals surface area contributed by atoms with Crippen molar-refractivity contribution in [3.05, 3.63) is 46.3 Å². The normalized spacial score (nSPS) is 10.9. The molecular formula is C18H19N3O3S. The minimum atomic E-state index is -0.444. The second kappa shape index (κ2) is 6.68. The van der Waals surface area contributed by atoms with E-state index in [1.807, 2.05) is 32.0 Å². The number of fused-ring (bicyclic) bond motifs is 1. The minimum Gasteiger partial charge on any atom is -0.465 e. The van der Waals surface area contributed by atoms with Crippen LogP contribution in [0, 0.1) is 13.8 Å². The standard InChI is InChI=1S/C18H19N3O3S/c1-5-11-13(17(23)24-4)10(3)15(19-11)16(22)21-18-20-14-9(2)7-6-8-12(14)25-18/h6-8,19H,5H2,1-4H3,(H,20,21,22). The molecule has 25 heavy (non-hydrogen) atoms. The molecule has 0 atom stereocenters. The first-order valence-corrected chi connectivity index (χ1v) is 8.75. The van der Waals surface area contributed by atoms with Crippen molar-refractivity contribution in [2.45, 2.75) is 27.2 Å². The highest BCUT2D eigenvalue weighted by Gasteiger charge is 2.24. The number of thiazole rings is 1. The van der Waals surface area contributed by atoms with Crippen LogP contribution in [0.1, 0.15) is 44.6 Å². The number of aromatic nitrogens is 2. The van der Waals surface area contributed by atoms with E-state index < -0.39 is 5.97 Å². The number of amides is 1. The number of hydrogen-bond acceptors (Lipinski definition) is 5. The highest BCUT2D eigenvalue weighted by molar-refractivity contribution is 7.22. The second-order valence-corrected chi connectivity index (χ2v) is 6.75. The van der Waals surface area contributed by atoms with E-state index in [0.717, 1.165) is 15.8 Å². The monoisotopic (exact) mass is 357 g/mol. The molecule has 0 spiro atoms. The minimum absolute atomic E-state index is 0.320. The first-order chi connectivity index (χ1) is 12.0. The Bertz CT molecular complexity index is 972. The molecule has 3 rings (SSSR count). The van der Waals surface area contributed by atoms with E-state index in [1.54, 1.807) is 6.92 Å². The van der Waals surface area contributed by atoms with Gasteiger partial charge in [-0.15, -0.1) is 0 Å². The van der Waals surface area contributed by atoms with Gasteiger partial charge in [-0.3, -0.25) is 10.1 Å². The number of carbonyl (C=O) groups excluding carboxylic acids is 2. The average Bonchev–Trinajstić information content (AvgIpc) is 3.15. The molecule has 0 saturated carbocycles. The molecule has 1 aromatic carbocycles. The Morgan fingerprint density at radius 1 is 1.32 bits per heavy atom. The van der Waals surface area contributed by atoms with Crippen LogP contribution >= 0.6 is 11.3 Å². The fourth-order valence-corrected chi connectivity index (χ4v) is 3.77. The second-order valence-electron chi connectivity index (χ2n) is 5.72. The number of benzene rings is 1. The predicted octanol–water partition coefficient (Wildman–Crippen LogP) is 3.84. The summed E-state index contributed by atoms with van der Waals surface area (Å²) in [5.41, 5.74) is 4.00. The van der Waals surface area contributed by atoms with Crippen LogP contribution in [0.15, 0.2) is 18.2 Å². The van der Waals surface area contributed by atoms with E-state index in [9.17, 15) is 9.59 Å². The van der Waals surface area contributed by atoms with Crippen LogP contribution in [-0.2, 0) is 11.2 Å². The lowest BCUT2D eigenvalue weighted by molar-refractivity contribution is 0.0599. The molecule has 0 aliphatic heterocycles. The van der Waals surface area contributed by atoms with Crippen molar-refractivity contribution in [3.8, 4) is 0 Å². The molecule has 0 saturated heterocycles. The summed E-state index contributed by atoms with van der Waals surface area (Å²) in [6.07, 6.45) is 0.596. The third-order valence-corrected chi connectivity index (χ3v) is 5.08. The van der Waals surface area contributed by atoms with Crippen LogP contribution in [-0.4, -0.2) is 29.0 Å². The van der Waals surface area contributed by atoms with Gasteiger partial charge in [0, 0.05) is 5.69 Å². The molecule has 2 N–H and O–H groups in total. The number of rotatable bonds is 4. The zero-order valence-electron chi connectivity index (χ0n) is 14.5. The van der Waals surface area contributed by atoms with Crippen molar-refractivity contribution >= 4 is 38.6 Å². The molecule has 3 aromatic rings. The molecule has 2 aromatic heterocycles. The third kappa shape index (κ3) is 3.02. The van der Waals surface area contributed by atoms with Crippen molar-refractivity contribution in [1.82, 2.24) is 9.97 Å². The van der Waals surface area contributed by atoms with Gasteiger partial charge >= 0.3 is 5.97 Å². The largest absolute Gasteiger partial charge is 0.465 e. The van der Waals surface area contributed by atoms with Gasteiger partial charge in [0.05, 0.1) is 22.9 Å². The van der Waals surface area contributed by atoms with Gasteiger partial charge in [-0.25, -0.2) is 9.78 Å². The summed E-state index contributed by atoms with van der Waals surface area (Å²) >= 11 is 1.42. The van der Waals surface area contributed by atoms with Crippen LogP contribution in [0.4, 0.5) is 5.13 Å². The maximum absolute atomic E-state index is 12.7. The number of esters is 1. The summed E-state index contributed by atoms with van der Waals surface area (Å²) in [4.78, 5) is 32.2. The smallest absolute Gasteiger partial charge is 0.339 e. The number of hydrogen-bond donors (Lipinski definition) is 2. The Morgan fingerprint density at radius 3 is 2.72 bits per heavy atom. The van der Waals surface area contributed by atoms with Crippen LogP contribution in [0.2, 0.25) is 0 Å². The van der Waals surface area contributed by atoms with E-state index in [-0.39, 0.29) is 5.91 Å². The summed E-state index contributed by atoms with van der Waals surface area (Å²) in [6, 6.07) is 5.92. The highest BCUT2D eigenvalue weighted by Crippen LogP contribution is 2.29. The Labute approximate surface area is 149 Å². The molecule has 7 heteroatoms. The van der Waals surface area contributed by atoms with Gasteiger partial charge in [-0.05, 0) is 37.5 Å². The summed E-state index contributed by atoms with van der Waals surface area (Å²) in [5, 5.41) is 3.35. The number of aromatic amines is 1. The highest BCUT2D eigenvalue weighted by atomic mass is 32.1. The van der Waals surface area contributed by atoms with Crippen LogP contribution in [0.25, 0.3) is 10.2 Å². The number of ether oxygens (including phenoxy) is 1. The fourth-order valence-electron chi connectivity index (χ4n) is 2.83.